The van der Waals surface area contributed by atoms with E-state index in [0.717, 1.165) is 25.6 Å². The molecule has 1 N–H and O–H groups in total. The highest BCUT2D eigenvalue weighted by molar-refractivity contribution is 7.89. The van der Waals surface area contributed by atoms with Crippen LogP contribution in [-0.4, -0.2) is 67.2 Å². The normalized spacial score (nSPS) is 22.5. The molecule has 0 spiro atoms. The Kier molecular flexibility index (Phi) is 4.81. The highest BCUT2D eigenvalue weighted by Gasteiger charge is 2.30. The van der Waals surface area contributed by atoms with Gasteiger partial charge in [0.1, 0.15) is 0 Å². The Hall–Kier alpha value is -0.660. The molecule has 2 fully saturated rings. The van der Waals surface area contributed by atoms with E-state index in [4.69, 9.17) is 5.11 Å². The van der Waals surface area contributed by atoms with Crippen molar-refractivity contribution in [2.45, 2.75) is 25.7 Å². The van der Waals surface area contributed by atoms with Crippen LogP contribution in [-0.2, 0) is 14.8 Å². The molecule has 1 saturated carbocycles. The lowest BCUT2D eigenvalue weighted by Crippen LogP contribution is -2.49. The van der Waals surface area contributed by atoms with Crippen LogP contribution in [0.25, 0.3) is 0 Å². The monoisotopic (exact) mass is 290 g/mol. The van der Waals surface area contributed by atoms with Crippen LogP contribution < -0.4 is 0 Å². The molecule has 1 aliphatic carbocycles. The van der Waals surface area contributed by atoms with Crippen LogP contribution >= 0.6 is 0 Å². The summed E-state index contributed by atoms with van der Waals surface area (Å²) >= 11 is 0. The maximum atomic E-state index is 12.0. The molecule has 110 valence electrons. The summed E-state index contributed by atoms with van der Waals surface area (Å²) in [5, 5.41) is 8.53. The fourth-order valence-corrected chi connectivity index (χ4v) is 3.88. The molecular weight excluding hydrogens is 268 g/mol. The molecule has 0 atom stereocenters. The summed E-state index contributed by atoms with van der Waals surface area (Å²) in [7, 11) is -3.27. The Morgan fingerprint density at radius 2 is 1.79 bits per heavy atom. The van der Waals surface area contributed by atoms with Crippen molar-refractivity contribution in [1.29, 1.82) is 0 Å². The van der Waals surface area contributed by atoms with Gasteiger partial charge in [0.15, 0.2) is 0 Å². The zero-order valence-corrected chi connectivity index (χ0v) is 11.9. The van der Waals surface area contributed by atoms with Crippen molar-refractivity contribution in [3.8, 4) is 0 Å². The van der Waals surface area contributed by atoms with Gasteiger partial charge in [0.25, 0.3) is 0 Å². The molecule has 0 radical (unpaired) electrons. The molecule has 0 bridgehead atoms. The van der Waals surface area contributed by atoms with Crippen molar-refractivity contribution in [2.75, 3.05) is 38.5 Å². The second kappa shape index (κ2) is 6.19. The molecule has 6 nitrogen and oxygen atoms in total. The number of sulfonamides is 1. The van der Waals surface area contributed by atoms with Crippen LogP contribution in [0.4, 0.5) is 0 Å². The molecule has 2 rings (SSSR count). The van der Waals surface area contributed by atoms with E-state index in [1.807, 2.05) is 0 Å². The summed E-state index contributed by atoms with van der Waals surface area (Å²) in [5.41, 5.74) is 0. The first kappa shape index (κ1) is 14.7. The molecule has 1 aliphatic heterocycles. The van der Waals surface area contributed by atoms with Gasteiger partial charge in [-0.05, 0) is 25.2 Å². The highest BCUT2D eigenvalue weighted by Crippen LogP contribution is 2.30. The molecule has 0 unspecified atom stereocenters. The van der Waals surface area contributed by atoms with Crippen LogP contribution in [0, 0.1) is 5.92 Å². The number of piperazine rings is 1. The number of carboxylic acid groups (broad SMARTS) is 1. The zero-order valence-electron chi connectivity index (χ0n) is 11.1. The van der Waals surface area contributed by atoms with Gasteiger partial charge < -0.3 is 10.0 Å². The molecule has 1 heterocycles. The number of carbonyl (C=O) groups is 1. The maximum Gasteiger partial charge on any atom is 0.303 e. The predicted molar refractivity (Wildman–Crippen MR) is 71.4 cm³/mol. The van der Waals surface area contributed by atoms with Gasteiger partial charge in [0.05, 0.1) is 5.75 Å². The SMILES string of the molecule is O=C(O)CCCS(=O)(=O)N1CCN(CC2CC2)CC1. The standard InChI is InChI=1S/C12H22N2O4S/c15-12(16)2-1-9-19(17,18)14-7-5-13(6-8-14)10-11-3-4-11/h11H,1-10H2,(H,15,16). The van der Waals surface area contributed by atoms with E-state index in [1.54, 1.807) is 0 Å². The van der Waals surface area contributed by atoms with Crippen LogP contribution in [0.1, 0.15) is 25.7 Å². The lowest BCUT2D eigenvalue weighted by molar-refractivity contribution is -0.137. The van der Waals surface area contributed by atoms with Gasteiger partial charge in [0.2, 0.25) is 10.0 Å². The van der Waals surface area contributed by atoms with E-state index < -0.39 is 16.0 Å². The lowest BCUT2D eigenvalue weighted by atomic mass is 10.3. The van der Waals surface area contributed by atoms with Crippen molar-refractivity contribution < 1.29 is 18.3 Å². The Balaban J connectivity index is 1.73. The Morgan fingerprint density at radius 3 is 2.32 bits per heavy atom. The number of carboxylic acids is 1. The van der Waals surface area contributed by atoms with E-state index in [9.17, 15) is 13.2 Å². The van der Waals surface area contributed by atoms with E-state index in [0.29, 0.717) is 13.1 Å². The van der Waals surface area contributed by atoms with Crippen LogP contribution in [0.15, 0.2) is 0 Å². The van der Waals surface area contributed by atoms with Gasteiger partial charge in [-0.2, -0.15) is 4.31 Å². The van der Waals surface area contributed by atoms with Gasteiger partial charge in [0, 0.05) is 39.1 Å². The summed E-state index contributed by atoms with van der Waals surface area (Å²) in [4.78, 5) is 12.7. The average molecular weight is 290 g/mol. The maximum absolute atomic E-state index is 12.0. The molecule has 1 saturated heterocycles. The van der Waals surface area contributed by atoms with Gasteiger partial charge in [-0.15, -0.1) is 0 Å². The molecular formula is C12H22N2O4S. The fraction of sp³-hybridized carbons (Fsp3) is 0.917. The molecule has 0 aromatic heterocycles. The first-order valence-electron chi connectivity index (χ1n) is 6.89. The van der Waals surface area contributed by atoms with E-state index in [1.165, 1.54) is 17.1 Å². The zero-order chi connectivity index (χ0) is 13.9. The van der Waals surface area contributed by atoms with Crippen LogP contribution in [0.2, 0.25) is 0 Å². The minimum atomic E-state index is -3.27. The Morgan fingerprint density at radius 1 is 1.16 bits per heavy atom. The second-order valence-electron chi connectivity index (χ2n) is 5.46. The molecule has 0 aromatic rings. The van der Waals surface area contributed by atoms with Crippen LogP contribution in [0.3, 0.4) is 0 Å². The van der Waals surface area contributed by atoms with Crippen molar-refractivity contribution in [3.05, 3.63) is 0 Å². The summed E-state index contributed by atoms with van der Waals surface area (Å²) < 4.78 is 25.6. The fourth-order valence-electron chi connectivity index (χ4n) is 2.39. The Bertz CT molecular complexity index is 411. The number of aliphatic carboxylic acids is 1. The smallest absolute Gasteiger partial charge is 0.303 e. The van der Waals surface area contributed by atoms with Crippen molar-refractivity contribution in [1.82, 2.24) is 9.21 Å². The number of hydrogen-bond acceptors (Lipinski definition) is 4. The largest absolute Gasteiger partial charge is 0.481 e. The third-order valence-corrected chi connectivity index (χ3v) is 5.69. The number of rotatable bonds is 7. The summed E-state index contributed by atoms with van der Waals surface area (Å²) in [6, 6.07) is 0. The summed E-state index contributed by atoms with van der Waals surface area (Å²) in [5.74, 6) is -0.162. The van der Waals surface area contributed by atoms with Crippen molar-refractivity contribution in [3.63, 3.8) is 0 Å². The minimum Gasteiger partial charge on any atom is -0.481 e. The molecule has 2 aliphatic rings. The topological polar surface area (TPSA) is 77.9 Å². The third-order valence-electron chi connectivity index (χ3n) is 3.73. The van der Waals surface area contributed by atoms with Gasteiger partial charge in [-0.3, -0.25) is 4.79 Å². The third kappa shape index (κ3) is 4.74. The van der Waals surface area contributed by atoms with Gasteiger partial charge >= 0.3 is 5.97 Å². The van der Waals surface area contributed by atoms with Crippen molar-refractivity contribution >= 4 is 16.0 Å². The molecule has 0 aromatic carbocycles. The molecule has 7 heteroatoms. The summed E-state index contributed by atoms with van der Waals surface area (Å²) in [6.07, 6.45) is 2.74. The summed E-state index contributed by atoms with van der Waals surface area (Å²) in [6.45, 7) is 3.79. The number of hydrogen-bond donors (Lipinski definition) is 1. The van der Waals surface area contributed by atoms with Crippen molar-refractivity contribution in [2.24, 2.45) is 5.92 Å². The van der Waals surface area contributed by atoms with Crippen LogP contribution in [0.5, 0.6) is 0 Å². The lowest BCUT2D eigenvalue weighted by Gasteiger charge is -2.34. The molecule has 19 heavy (non-hydrogen) atoms. The first-order valence-corrected chi connectivity index (χ1v) is 8.50. The quantitative estimate of drug-likeness (QED) is 0.725. The number of nitrogens with zero attached hydrogens (tertiary/aromatic N) is 2. The van der Waals surface area contributed by atoms with E-state index in [2.05, 4.69) is 4.90 Å². The predicted octanol–water partition coefficient (Wildman–Crippen LogP) is 0.209. The second-order valence-corrected chi connectivity index (χ2v) is 7.54. The average Bonchev–Trinajstić information content (AvgIpc) is 3.13. The minimum absolute atomic E-state index is 0.0536. The van der Waals surface area contributed by atoms with Gasteiger partial charge in [-0.1, -0.05) is 0 Å². The molecule has 0 amide bonds. The van der Waals surface area contributed by atoms with Gasteiger partial charge in [-0.25, -0.2) is 8.42 Å². The first-order chi connectivity index (χ1) is 8.97. The van der Waals surface area contributed by atoms with E-state index >= 15 is 0 Å². The Labute approximate surface area is 114 Å². The van der Waals surface area contributed by atoms with E-state index in [-0.39, 0.29) is 18.6 Å². The highest BCUT2D eigenvalue weighted by atomic mass is 32.2.